The standard InChI is InChI=1S/C20H20INP/c1-22(2)19-15-9-10-16-20(19)23(21,17-11-5-3-6-12-17)18-13-7-4-8-14-18/h3-16H,1-2H3/q+1. The predicted octanol–water partition coefficient (Wildman–Crippen LogP) is 4.40. The van der Waals surface area contributed by atoms with Gasteiger partial charge in [0.05, 0.1) is 5.69 Å². The average molecular weight is 432 g/mol. The third-order valence-electron chi connectivity index (χ3n) is 3.92. The van der Waals surface area contributed by atoms with Crippen molar-refractivity contribution in [2.24, 2.45) is 0 Å². The minimum absolute atomic E-state index is 1.29. The Morgan fingerprint density at radius 3 is 1.57 bits per heavy atom. The van der Waals surface area contributed by atoms with Crippen molar-refractivity contribution in [1.82, 2.24) is 0 Å². The van der Waals surface area contributed by atoms with E-state index in [0.717, 1.165) is 0 Å². The number of hydrogen-bond donors (Lipinski definition) is 0. The van der Waals surface area contributed by atoms with Crippen molar-refractivity contribution in [3.63, 3.8) is 0 Å². The van der Waals surface area contributed by atoms with E-state index in [1.807, 2.05) is 0 Å². The summed E-state index contributed by atoms with van der Waals surface area (Å²) in [4.78, 5) is 0.527. The molecule has 1 nitrogen and oxygen atoms in total. The monoisotopic (exact) mass is 432 g/mol. The molecule has 0 saturated heterocycles. The van der Waals surface area contributed by atoms with Gasteiger partial charge in [-0.25, -0.2) is 0 Å². The summed E-state index contributed by atoms with van der Waals surface area (Å²) in [6, 6.07) is 30.6. The Hall–Kier alpha value is -1.38. The number of halogens is 1. The van der Waals surface area contributed by atoms with E-state index in [9.17, 15) is 0 Å². The molecule has 0 spiro atoms. The minimum Gasteiger partial charge on any atom is -0.374 e. The van der Waals surface area contributed by atoms with Crippen LogP contribution in [0.5, 0.6) is 0 Å². The Balaban J connectivity index is 2.30. The highest BCUT2D eigenvalue weighted by atomic mass is 127. The lowest BCUT2D eigenvalue weighted by molar-refractivity contribution is 1.14. The maximum atomic E-state index is 2.72. The van der Waals surface area contributed by atoms with Crippen LogP contribution in [0.1, 0.15) is 0 Å². The molecule has 0 aliphatic rings. The molecule has 0 aliphatic heterocycles. The van der Waals surface area contributed by atoms with Crippen molar-refractivity contribution in [2.75, 3.05) is 19.0 Å². The summed E-state index contributed by atoms with van der Waals surface area (Å²) in [5.74, 6) is 0. The SMILES string of the molecule is CN(C)c1ccccc1[P+](I)(c1ccccc1)c1ccccc1. The molecule has 3 aromatic carbocycles. The van der Waals surface area contributed by atoms with Gasteiger partial charge in [0.25, 0.3) is 0 Å². The second kappa shape index (κ2) is 7.02. The number of benzene rings is 3. The average Bonchev–Trinajstić information content (AvgIpc) is 2.62. The highest BCUT2D eigenvalue weighted by Crippen LogP contribution is 2.64. The van der Waals surface area contributed by atoms with Gasteiger partial charge in [-0.05, 0) is 36.4 Å². The molecular weight excluding hydrogens is 412 g/mol. The fraction of sp³-hybridized carbons (Fsp3) is 0.100. The van der Waals surface area contributed by atoms with E-state index < -0.39 is 4.90 Å². The second-order valence-corrected chi connectivity index (χ2v) is 12.7. The molecule has 0 atom stereocenters. The van der Waals surface area contributed by atoms with Crippen LogP contribution in [0, 0.1) is 0 Å². The highest BCUT2D eigenvalue weighted by Gasteiger charge is 2.45. The van der Waals surface area contributed by atoms with Crippen LogP contribution >= 0.6 is 26.9 Å². The maximum Gasteiger partial charge on any atom is 0.174 e. The maximum absolute atomic E-state index is 2.72. The first-order chi connectivity index (χ1) is 11.1. The molecule has 23 heavy (non-hydrogen) atoms. The van der Waals surface area contributed by atoms with E-state index in [1.54, 1.807) is 0 Å². The smallest absolute Gasteiger partial charge is 0.174 e. The molecule has 3 rings (SSSR count). The normalized spacial score (nSPS) is 11.3. The lowest BCUT2D eigenvalue weighted by atomic mass is 10.3. The van der Waals surface area contributed by atoms with Crippen molar-refractivity contribution in [1.29, 1.82) is 0 Å². The van der Waals surface area contributed by atoms with Crippen molar-refractivity contribution in [3.05, 3.63) is 84.9 Å². The van der Waals surface area contributed by atoms with Crippen LogP contribution in [0.15, 0.2) is 84.9 Å². The lowest BCUT2D eigenvalue weighted by Crippen LogP contribution is -2.30. The van der Waals surface area contributed by atoms with Gasteiger partial charge in [-0.15, -0.1) is 0 Å². The van der Waals surface area contributed by atoms with Gasteiger partial charge in [0.2, 0.25) is 0 Å². The van der Waals surface area contributed by atoms with Crippen LogP contribution in [0.3, 0.4) is 0 Å². The summed E-state index contributed by atoms with van der Waals surface area (Å²) < 4.78 is 0. The van der Waals surface area contributed by atoms with Crippen LogP contribution in [-0.4, -0.2) is 14.1 Å². The quantitative estimate of drug-likeness (QED) is 0.437. The number of rotatable bonds is 4. The second-order valence-electron chi connectivity index (χ2n) is 5.64. The van der Waals surface area contributed by atoms with Crippen LogP contribution in [0.25, 0.3) is 0 Å². The summed E-state index contributed by atoms with van der Waals surface area (Å²) >= 11 is 2.72. The molecule has 0 amide bonds. The fourth-order valence-electron chi connectivity index (χ4n) is 2.80. The molecule has 0 unspecified atom stereocenters. The number of anilines is 1. The van der Waals surface area contributed by atoms with Gasteiger partial charge >= 0.3 is 0 Å². The Bertz CT molecular complexity index is 732. The molecule has 0 radical (unpaired) electrons. The van der Waals surface area contributed by atoms with Crippen LogP contribution < -0.4 is 20.8 Å². The van der Waals surface area contributed by atoms with Gasteiger partial charge in [0, 0.05) is 14.1 Å². The molecule has 0 bridgehead atoms. The summed E-state index contributed by atoms with van der Waals surface area (Å²) in [5.41, 5.74) is 1.29. The van der Waals surface area contributed by atoms with Crippen LogP contribution in [0.2, 0.25) is 0 Å². The third-order valence-corrected chi connectivity index (χ3v) is 11.9. The van der Waals surface area contributed by atoms with Crippen molar-refractivity contribution < 1.29 is 0 Å². The largest absolute Gasteiger partial charge is 0.374 e. The van der Waals surface area contributed by atoms with Crippen molar-refractivity contribution in [3.8, 4) is 0 Å². The molecule has 0 fully saturated rings. The zero-order chi connectivity index (χ0) is 16.3. The van der Waals surface area contributed by atoms with Crippen molar-refractivity contribution >= 4 is 48.5 Å². The molecule has 3 heteroatoms. The van der Waals surface area contributed by atoms with Gasteiger partial charge < -0.3 is 4.90 Å². The third kappa shape index (κ3) is 3.15. The summed E-state index contributed by atoms with van der Waals surface area (Å²) in [7, 11) is 4.24. The number of nitrogens with zero attached hydrogens (tertiary/aromatic N) is 1. The molecular formula is C20H20INP+. The van der Waals surface area contributed by atoms with Gasteiger partial charge in [-0.1, -0.05) is 48.5 Å². The molecule has 0 aromatic heterocycles. The molecule has 0 heterocycles. The molecule has 0 saturated carbocycles. The Morgan fingerprint density at radius 1 is 0.652 bits per heavy atom. The van der Waals surface area contributed by atoms with Gasteiger partial charge in [0.1, 0.15) is 15.9 Å². The first-order valence-corrected chi connectivity index (χ1v) is 12.2. The summed E-state index contributed by atoms with van der Waals surface area (Å²) in [6.45, 7) is 0. The van der Waals surface area contributed by atoms with Gasteiger partial charge in [0.15, 0.2) is 26.9 Å². The van der Waals surface area contributed by atoms with Gasteiger partial charge in [-0.3, -0.25) is 0 Å². The zero-order valence-corrected chi connectivity index (χ0v) is 16.4. The van der Waals surface area contributed by atoms with E-state index in [2.05, 4.69) is 126 Å². The number of para-hydroxylation sites is 1. The topological polar surface area (TPSA) is 3.24 Å². The van der Waals surface area contributed by atoms with Crippen LogP contribution in [-0.2, 0) is 0 Å². The zero-order valence-electron chi connectivity index (χ0n) is 13.4. The van der Waals surface area contributed by atoms with E-state index in [-0.39, 0.29) is 0 Å². The van der Waals surface area contributed by atoms with E-state index >= 15 is 0 Å². The molecule has 0 aliphatic carbocycles. The van der Waals surface area contributed by atoms with Gasteiger partial charge in [-0.2, -0.15) is 0 Å². The van der Waals surface area contributed by atoms with E-state index in [0.29, 0.717) is 0 Å². The van der Waals surface area contributed by atoms with E-state index in [4.69, 9.17) is 0 Å². The minimum atomic E-state index is -1.69. The Labute approximate surface area is 152 Å². The lowest BCUT2D eigenvalue weighted by Gasteiger charge is -2.25. The highest BCUT2D eigenvalue weighted by molar-refractivity contribution is 14.2. The van der Waals surface area contributed by atoms with Crippen molar-refractivity contribution in [2.45, 2.75) is 0 Å². The number of hydrogen-bond acceptors (Lipinski definition) is 1. The Morgan fingerprint density at radius 2 is 1.09 bits per heavy atom. The first kappa shape index (κ1) is 16.5. The summed E-state index contributed by atoms with van der Waals surface area (Å²) in [5, 5.41) is 4.23. The fourth-order valence-corrected chi connectivity index (χ4v) is 8.85. The van der Waals surface area contributed by atoms with Crippen LogP contribution in [0.4, 0.5) is 5.69 Å². The molecule has 0 N–H and O–H groups in total. The van der Waals surface area contributed by atoms with E-state index in [1.165, 1.54) is 21.6 Å². The molecule has 3 aromatic rings. The molecule has 116 valence electrons. The predicted molar refractivity (Wildman–Crippen MR) is 113 cm³/mol. The Kier molecular flexibility index (Phi) is 5.03. The summed E-state index contributed by atoms with van der Waals surface area (Å²) in [6.07, 6.45) is 0. The first-order valence-electron chi connectivity index (χ1n) is 7.61.